The highest BCUT2D eigenvalue weighted by Gasteiger charge is 2.20. The van der Waals surface area contributed by atoms with Crippen molar-refractivity contribution in [3.05, 3.63) is 35.4 Å². The number of rotatable bonds is 6. The summed E-state index contributed by atoms with van der Waals surface area (Å²) in [5, 5.41) is 3.64. The third kappa shape index (κ3) is 3.50. The molecule has 0 aromatic heterocycles. The van der Waals surface area contributed by atoms with Gasteiger partial charge in [-0.15, -0.1) is 0 Å². The van der Waals surface area contributed by atoms with Crippen LogP contribution in [0.3, 0.4) is 0 Å². The van der Waals surface area contributed by atoms with E-state index >= 15 is 0 Å². The van der Waals surface area contributed by atoms with Gasteiger partial charge in [0.05, 0.1) is 12.7 Å². The summed E-state index contributed by atoms with van der Waals surface area (Å²) < 4.78 is 5.91. The average molecular weight is 265 g/mol. The van der Waals surface area contributed by atoms with Crippen LogP contribution in [0, 0.1) is 0 Å². The van der Waals surface area contributed by atoms with Crippen LogP contribution in [0.5, 0.6) is 0 Å². The van der Waals surface area contributed by atoms with Crippen LogP contribution in [0.15, 0.2) is 24.3 Å². The van der Waals surface area contributed by atoms with Crippen LogP contribution in [0.2, 0.25) is 0 Å². The Morgan fingerprint density at radius 3 is 3.06 bits per heavy atom. The zero-order chi connectivity index (χ0) is 12.8. The van der Waals surface area contributed by atoms with E-state index in [-0.39, 0.29) is 6.10 Å². The monoisotopic (exact) mass is 265 g/mol. The van der Waals surface area contributed by atoms with E-state index in [0.29, 0.717) is 6.04 Å². The molecule has 2 atom stereocenters. The van der Waals surface area contributed by atoms with Gasteiger partial charge in [-0.2, -0.15) is 11.8 Å². The fraction of sp³-hybridized carbons (Fsp3) is 0.600. The van der Waals surface area contributed by atoms with Gasteiger partial charge in [0.25, 0.3) is 0 Å². The summed E-state index contributed by atoms with van der Waals surface area (Å²) in [5.41, 5.74) is 2.82. The number of hydrogen-bond acceptors (Lipinski definition) is 3. The van der Waals surface area contributed by atoms with Gasteiger partial charge >= 0.3 is 0 Å². The average Bonchev–Trinajstić information content (AvgIpc) is 2.43. The van der Waals surface area contributed by atoms with E-state index < -0.39 is 0 Å². The van der Waals surface area contributed by atoms with Gasteiger partial charge < -0.3 is 10.1 Å². The predicted octanol–water partition coefficient (Wildman–Crippen LogP) is 3.03. The molecule has 2 unspecified atom stereocenters. The maximum Gasteiger partial charge on any atom is 0.0952 e. The first kappa shape index (κ1) is 13.9. The normalized spacial score (nSPS) is 20.4. The number of hydrogen-bond donors (Lipinski definition) is 1. The van der Waals surface area contributed by atoms with Crippen LogP contribution < -0.4 is 5.32 Å². The first-order valence-corrected chi connectivity index (χ1v) is 8.16. The summed E-state index contributed by atoms with van der Waals surface area (Å²) in [6.07, 6.45) is 4.62. The molecule has 0 saturated carbocycles. The molecule has 2 nitrogen and oxygen atoms in total. The second-order valence-electron chi connectivity index (χ2n) is 4.78. The van der Waals surface area contributed by atoms with E-state index in [4.69, 9.17) is 4.74 Å². The van der Waals surface area contributed by atoms with Crippen molar-refractivity contribution >= 4 is 11.8 Å². The maximum absolute atomic E-state index is 5.91. The fourth-order valence-electron chi connectivity index (χ4n) is 2.44. The largest absolute Gasteiger partial charge is 0.372 e. The first-order valence-electron chi connectivity index (χ1n) is 6.76. The second kappa shape index (κ2) is 7.17. The van der Waals surface area contributed by atoms with Crippen LogP contribution in [-0.4, -0.2) is 31.2 Å². The van der Waals surface area contributed by atoms with E-state index in [2.05, 4.69) is 42.8 Å². The third-order valence-electron chi connectivity index (χ3n) is 3.54. The summed E-state index contributed by atoms with van der Waals surface area (Å²) in [4.78, 5) is 0. The maximum atomic E-state index is 5.91. The molecule has 1 heterocycles. The molecule has 0 aliphatic carbocycles. The van der Waals surface area contributed by atoms with Crippen LogP contribution in [-0.2, 0) is 11.2 Å². The highest BCUT2D eigenvalue weighted by atomic mass is 32.2. The lowest BCUT2D eigenvalue weighted by molar-refractivity contribution is 0.0410. The Bertz CT molecular complexity index is 369. The molecule has 3 heteroatoms. The SMILES string of the molecule is CCC(CSC)NCC1OCCc2ccccc21. The van der Waals surface area contributed by atoms with Gasteiger partial charge in [0.1, 0.15) is 0 Å². The molecule has 2 rings (SSSR count). The lowest BCUT2D eigenvalue weighted by Crippen LogP contribution is -2.36. The van der Waals surface area contributed by atoms with E-state index in [9.17, 15) is 0 Å². The van der Waals surface area contributed by atoms with Crippen molar-refractivity contribution in [2.24, 2.45) is 0 Å². The van der Waals surface area contributed by atoms with Gasteiger partial charge in [-0.3, -0.25) is 0 Å². The minimum absolute atomic E-state index is 0.228. The highest BCUT2D eigenvalue weighted by Crippen LogP contribution is 2.26. The van der Waals surface area contributed by atoms with Crippen molar-refractivity contribution in [3.8, 4) is 0 Å². The van der Waals surface area contributed by atoms with Crippen molar-refractivity contribution < 1.29 is 4.74 Å². The third-order valence-corrected chi connectivity index (χ3v) is 4.28. The Morgan fingerprint density at radius 2 is 2.28 bits per heavy atom. The molecule has 1 aliphatic rings. The molecule has 0 bridgehead atoms. The molecule has 0 fully saturated rings. The van der Waals surface area contributed by atoms with Crippen molar-refractivity contribution in [1.82, 2.24) is 5.32 Å². The number of nitrogens with one attached hydrogen (secondary N) is 1. The summed E-state index contributed by atoms with van der Waals surface area (Å²) in [6.45, 7) is 4.02. The van der Waals surface area contributed by atoms with Crippen molar-refractivity contribution in [2.75, 3.05) is 25.2 Å². The standard InChI is InChI=1S/C15H23NOS/c1-3-13(11-18-2)16-10-15-14-7-5-4-6-12(14)8-9-17-15/h4-7,13,15-16H,3,8-11H2,1-2H3. The molecule has 100 valence electrons. The number of fused-ring (bicyclic) bond motifs is 1. The molecule has 1 aromatic rings. The molecular weight excluding hydrogens is 242 g/mol. The minimum atomic E-state index is 0.228. The van der Waals surface area contributed by atoms with Crippen LogP contribution >= 0.6 is 11.8 Å². The molecular formula is C15H23NOS. The molecule has 0 saturated heterocycles. The van der Waals surface area contributed by atoms with E-state index in [1.165, 1.54) is 23.3 Å². The second-order valence-corrected chi connectivity index (χ2v) is 5.69. The lowest BCUT2D eigenvalue weighted by atomic mass is 9.97. The Balaban J connectivity index is 1.94. The molecule has 0 amide bonds. The molecule has 1 aromatic carbocycles. The Hall–Kier alpha value is -0.510. The Labute approximate surface area is 114 Å². The predicted molar refractivity (Wildman–Crippen MR) is 79.3 cm³/mol. The van der Waals surface area contributed by atoms with Crippen LogP contribution in [0.4, 0.5) is 0 Å². The van der Waals surface area contributed by atoms with Gasteiger partial charge in [0.2, 0.25) is 0 Å². The Morgan fingerprint density at radius 1 is 1.44 bits per heavy atom. The van der Waals surface area contributed by atoms with Gasteiger partial charge in [0, 0.05) is 18.3 Å². The molecule has 1 aliphatic heterocycles. The molecule has 1 N–H and O–H groups in total. The zero-order valence-electron chi connectivity index (χ0n) is 11.3. The zero-order valence-corrected chi connectivity index (χ0v) is 12.1. The van der Waals surface area contributed by atoms with Gasteiger partial charge in [-0.25, -0.2) is 0 Å². The van der Waals surface area contributed by atoms with Crippen molar-refractivity contribution in [1.29, 1.82) is 0 Å². The summed E-state index contributed by atoms with van der Waals surface area (Å²) in [7, 11) is 0. The number of ether oxygens (including phenoxy) is 1. The minimum Gasteiger partial charge on any atom is -0.372 e. The van der Waals surface area contributed by atoms with Crippen LogP contribution in [0.25, 0.3) is 0 Å². The summed E-state index contributed by atoms with van der Waals surface area (Å²) in [6, 6.07) is 9.26. The lowest BCUT2D eigenvalue weighted by Gasteiger charge is -2.28. The molecule has 0 radical (unpaired) electrons. The first-order chi connectivity index (χ1) is 8.85. The van der Waals surface area contributed by atoms with Gasteiger partial charge in [-0.1, -0.05) is 31.2 Å². The van der Waals surface area contributed by atoms with E-state index in [1.54, 1.807) is 0 Å². The quantitative estimate of drug-likeness (QED) is 0.854. The fourth-order valence-corrected chi connectivity index (χ4v) is 3.20. The highest BCUT2D eigenvalue weighted by molar-refractivity contribution is 7.98. The van der Waals surface area contributed by atoms with Crippen molar-refractivity contribution in [2.45, 2.75) is 31.9 Å². The molecule has 0 spiro atoms. The summed E-state index contributed by atoms with van der Waals surface area (Å²) >= 11 is 1.90. The number of thioether (sulfide) groups is 1. The summed E-state index contributed by atoms with van der Waals surface area (Å²) in [5.74, 6) is 1.17. The van der Waals surface area contributed by atoms with Gasteiger partial charge in [0.15, 0.2) is 0 Å². The van der Waals surface area contributed by atoms with E-state index in [0.717, 1.165) is 19.6 Å². The smallest absolute Gasteiger partial charge is 0.0952 e. The Kier molecular flexibility index (Phi) is 5.54. The van der Waals surface area contributed by atoms with Crippen molar-refractivity contribution in [3.63, 3.8) is 0 Å². The van der Waals surface area contributed by atoms with Gasteiger partial charge in [-0.05, 0) is 30.2 Å². The van der Waals surface area contributed by atoms with Crippen LogP contribution in [0.1, 0.15) is 30.6 Å². The number of benzene rings is 1. The topological polar surface area (TPSA) is 21.3 Å². The molecule has 18 heavy (non-hydrogen) atoms. The van der Waals surface area contributed by atoms with E-state index in [1.807, 2.05) is 11.8 Å².